The molecule has 0 bridgehead atoms. The third kappa shape index (κ3) is 52.3. The van der Waals surface area contributed by atoms with Crippen LogP contribution in [0.4, 0.5) is 0 Å². The molecule has 668 valence electrons. The molecular weight excluding hydrogens is 1430 g/mol. The highest BCUT2D eigenvalue weighted by Gasteiger charge is 2.54. The fraction of sp³-hybridized carbons (Fsp3) is 0.947. The molecule has 113 heavy (non-hydrogen) atoms. The van der Waals surface area contributed by atoms with Crippen LogP contribution in [0, 0.1) is 0 Å². The summed E-state index contributed by atoms with van der Waals surface area (Å²) in [6, 6.07) is -0.887. The summed E-state index contributed by atoms with van der Waals surface area (Å²) in [5.74, 6) is -0.232. The minimum atomic E-state index is -1.97. The van der Waals surface area contributed by atoms with Crippen LogP contribution >= 0.6 is 0 Å². The highest BCUT2D eigenvalue weighted by molar-refractivity contribution is 5.76. The van der Waals surface area contributed by atoms with E-state index in [0.29, 0.717) is 12.8 Å². The van der Waals surface area contributed by atoms with Crippen LogP contribution in [0.15, 0.2) is 24.3 Å². The molecule has 17 atom stereocenters. The summed E-state index contributed by atoms with van der Waals surface area (Å²) >= 11 is 0. The smallest absolute Gasteiger partial charge is 0.220 e. The molecule has 0 aliphatic carbocycles. The number of carbonyl (C=O) groups excluding carboxylic acids is 1. The number of amides is 1. The summed E-state index contributed by atoms with van der Waals surface area (Å²) in [5.41, 5.74) is 0. The van der Waals surface area contributed by atoms with Crippen molar-refractivity contribution in [2.24, 2.45) is 0 Å². The summed E-state index contributed by atoms with van der Waals surface area (Å²) in [6.07, 6.45) is 67.4. The molecule has 3 heterocycles. The van der Waals surface area contributed by atoms with E-state index in [-0.39, 0.29) is 18.9 Å². The maximum atomic E-state index is 13.6. The van der Waals surface area contributed by atoms with Crippen LogP contribution in [0.1, 0.15) is 438 Å². The molecule has 19 heteroatoms. The van der Waals surface area contributed by atoms with Gasteiger partial charge < -0.3 is 89.9 Å². The number of carbonyl (C=O) groups is 1. The van der Waals surface area contributed by atoms with Gasteiger partial charge in [-0.2, -0.15) is 0 Å². The topological polar surface area (TPSA) is 307 Å². The van der Waals surface area contributed by atoms with E-state index < -0.39 is 124 Å². The fourth-order valence-corrected chi connectivity index (χ4v) is 16.6. The van der Waals surface area contributed by atoms with Gasteiger partial charge in [0.15, 0.2) is 18.9 Å². The van der Waals surface area contributed by atoms with Crippen molar-refractivity contribution >= 4 is 5.91 Å². The largest absolute Gasteiger partial charge is 0.394 e. The van der Waals surface area contributed by atoms with Crippen LogP contribution in [-0.2, 0) is 33.2 Å². The number of rotatable bonds is 80. The number of hydrogen-bond acceptors (Lipinski definition) is 18. The molecule has 1 amide bonds. The first-order chi connectivity index (χ1) is 55.3. The molecular formula is C94H179NO18. The van der Waals surface area contributed by atoms with Gasteiger partial charge in [0.2, 0.25) is 5.91 Å². The first kappa shape index (κ1) is 105. The van der Waals surface area contributed by atoms with Crippen molar-refractivity contribution in [3.8, 4) is 0 Å². The van der Waals surface area contributed by atoms with Crippen LogP contribution in [-0.4, -0.2) is 193 Å². The average molecular weight is 1610 g/mol. The maximum absolute atomic E-state index is 13.6. The summed E-state index contributed by atoms with van der Waals surface area (Å²) in [7, 11) is 0. The molecule has 0 saturated carbocycles. The van der Waals surface area contributed by atoms with Crippen molar-refractivity contribution in [1.82, 2.24) is 5.32 Å². The second kappa shape index (κ2) is 74.1. The third-order valence-electron chi connectivity index (χ3n) is 24.3. The molecule has 3 rings (SSSR count). The SMILES string of the molecule is CCCCCCC/C=C\C/C=C\CCCCCCCCCCCCCCCCCCCCCCCCCCCCCC(=O)NC(COC1OC(CO)C(OC2OC(CO)C(OC3OC(CO)C(O)C(O)C3O)C(O)C2O)C(O)C1O)C(O)CCCCCCCCCCCCCCCCCCCCCCCCCCCCCCC. The van der Waals surface area contributed by atoms with Crippen molar-refractivity contribution < 1.29 is 89.4 Å². The first-order valence-electron chi connectivity index (χ1n) is 48.1. The number of aliphatic hydroxyl groups is 11. The van der Waals surface area contributed by atoms with E-state index in [1.54, 1.807) is 0 Å². The zero-order valence-electron chi connectivity index (χ0n) is 72.4. The predicted molar refractivity (Wildman–Crippen MR) is 457 cm³/mol. The number of allylic oxidation sites excluding steroid dienone is 4. The Hall–Kier alpha value is -1.73. The minimum absolute atomic E-state index is 0.232. The number of nitrogens with one attached hydrogen (secondary N) is 1. The molecule has 0 radical (unpaired) electrons. The summed E-state index contributed by atoms with van der Waals surface area (Å²) in [6.45, 7) is 1.87. The van der Waals surface area contributed by atoms with E-state index in [4.69, 9.17) is 28.4 Å². The molecule has 3 aliphatic heterocycles. The quantitative estimate of drug-likeness (QED) is 0.0199. The lowest BCUT2D eigenvalue weighted by molar-refractivity contribution is -0.379. The standard InChI is InChI=1S/C94H179NO18/c1-3-5-7-9-11-13-15-17-19-21-23-25-27-29-31-33-34-35-36-37-38-39-40-41-42-44-46-48-50-52-54-56-58-60-62-64-66-68-70-72-82(100)95-77(78(99)71-69-67-65-63-61-59-57-55-53-51-49-47-45-43-32-30-28-26-24-22-20-18-16-14-12-10-8-6-4-2)76-108-92-88(106)85(103)90(80(74-97)110-92)113-94-89(107)86(104)91(81(75-98)111-94)112-93-87(105)84(102)83(101)79(73-96)109-93/h15,17,21,23,77-81,83-94,96-99,101-107H,3-14,16,18-20,22,24-76H2,1-2H3,(H,95,100)/b17-15-,23-21-. The Balaban J connectivity index is 1.28. The van der Waals surface area contributed by atoms with E-state index in [1.807, 2.05) is 0 Å². The summed E-state index contributed by atoms with van der Waals surface area (Å²) in [5, 5.41) is 121. The molecule has 3 fully saturated rings. The second-order valence-electron chi connectivity index (χ2n) is 34.5. The Morgan fingerprint density at radius 1 is 0.319 bits per heavy atom. The second-order valence-corrected chi connectivity index (χ2v) is 34.5. The van der Waals surface area contributed by atoms with E-state index in [0.717, 1.165) is 51.4 Å². The Morgan fingerprint density at radius 3 is 0.903 bits per heavy atom. The van der Waals surface area contributed by atoms with Gasteiger partial charge in [0.05, 0.1) is 38.6 Å². The van der Waals surface area contributed by atoms with Gasteiger partial charge in [0.25, 0.3) is 0 Å². The van der Waals surface area contributed by atoms with Crippen molar-refractivity contribution in [3.05, 3.63) is 24.3 Å². The number of aliphatic hydroxyl groups excluding tert-OH is 11. The fourth-order valence-electron chi connectivity index (χ4n) is 16.6. The summed E-state index contributed by atoms with van der Waals surface area (Å²) < 4.78 is 34.6. The lowest BCUT2D eigenvalue weighted by Crippen LogP contribution is -2.66. The monoisotopic (exact) mass is 1610 g/mol. The van der Waals surface area contributed by atoms with Crippen LogP contribution < -0.4 is 5.32 Å². The summed E-state index contributed by atoms with van der Waals surface area (Å²) in [4.78, 5) is 13.6. The first-order valence-corrected chi connectivity index (χ1v) is 48.1. The van der Waals surface area contributed by atoms with Gasteiger partial charge in [-0.15, -0.1) is 0 Å². The van der Waals surface area contributed by atoms with Gasteiger partial charge in [-0.1, -0.05) is 411 Å². The van der Waals surface area contributed by atoms with Crippen molar-refractivity contribution in [2.75, 3.05) is 26.4 Å². The zero-order chi connectivity index (χ0) is 81.7. The highest BCUT2D eigenvalue weighted by Crippen LogP contribution is 2.34. The zero-order valence-corrected chi connectivity index (χ0v) is 72.4. The van der Waals surface area contributed by atoms with Gasteiger partial charge >= 0.3 is 0 Å². The van der Waals surface area contributed by atoms with Crippen molar-refractivity contribution in [3.63, 3.8) is 0 Å². The maximum Gasteiger partial charge on any atom is 0.220 e. The average Bonchev–Trinajstić information content (AvgIpc) is 0.780. The molecule has 0 aromatic rings. The predicted octanol–water partition coefficient (Wildman–Crippen LogP) is 19.2. The van der Waals surface area contributed by atoms with Crippen molar-refractivity contribution in [1.29, 1.82) is 0 Å². The van der Waals surface area contributed by atoms with Gasteiger partial charge in [-0.25, -0.2) is 0 Å². The van der Waals surface area contributed by atoms with Crippen molar-refractivity contribution in [2.45, 2.75) is 542 Å². The van der Waals surface area contributed by atoms with E-state index in [1.165, 1.54) is 353 Å². The number of ether oxygens (including phenoxy) is 6. The Bertz CT molecular complexity index is 2130. The third-order valence-corrected chi connectivity index (χ3v) is 24.3. The Morgan fingerprint density at radius 2 is 0.584 bits per heavy atom. The Labute approximate surface area is 689 Å². The molecule has 3 aliphatic rings. The molecule has 19 nitrogen and oxygen atoms in total. The van der Waals surface area contributed by atoms with Crippen LogP contribution in [0.2, 0.25) is 0 Å². The minimum Gasteiger partial charge on any atom is -0.394 e. The molecule has 0 aromatic carbocycles. The molecule has 3 saturated heterocycles. The lowest BCUT2D eigenvalue weighted by atomic mass is 9.96. The number of unbranched alkanes of at least 4 members (excludes halogenated alkanes) is 60. The van der Waals surface area contributed by atoms with Crippen LogP contribution in [0.25, 0.3) is 0 Å². The molecule has 0 spiro atoms. The van der Waals surface area contributed by atoms with Crippen LogP contribution in [0.5, 0.6) is 0 Å². The van der Waals surface area contributed by atoms with Gasteiger partial charge in [-0.3, -0.25) is 4.79 Å². The highest BCUT2D eigenvalue weighted by atomic mass is 16.8. The molecule has 12 N–H and O–H groups in total. The van der Waals surface area contributed by atoms with E-state index in [9.17, 15) is 61.0 Å². The lowest BCUT2D eigenvalue weighted by Gasteiger charge is -2.48. The van der Waals surface area contributed by atoms with Crippen LogP contribution in [0.3, 0.4) is 0 Å². The van der Waals surface area contributed by atoms with Gasteiger partial charge in [0.1, 0.15) is 73.2 Å². The van der Waals surface area contributed by atoms with Gasteiger partial charge in [-0.05, 0) is 44.9 Å². The molecule has 17 unspecified atom stereocenters. The molecule has 0 aromatic heterocycles. The van der Waals surface area contributed by atoms with Gasteiger partial charge in [0, 0.05) is 6.42 Å². The Kier molecular flexibility index (Phi) is 69.2. The number of hydrogen-bond donors (Lipinski definition) is 12. The van der Waals surface area contributed by atoms with E-state index >= 15 is 0 Å². The normalized spacial score (nSPS) is 24.8. The van der Waals surface area contributed by atoms with E-state index in [2.05, 4.69) is 43.5 Å².